The summed E-state index contributed by atoms with van der Waals surface area (Å²) in [6, 6.07) is 0. The largest absolute Gasteiger partial charge is 0.395 e. The zero-order valence-electron chi connectivity index (χ0n) is 7.80. The summed E-state index contributed by atoms with van der Waals surface area (Å²) in [5.41, 5.74) is 0.679. The number of fused-ring (bicyclic) bond motifs is 1. The van der Waals surface area contributed by atoms with Gasteiger partial charge >= 0.3 is 0 Å². The summed E-state index contributed by atoms with van der Waals surface area (Å²) in [5.74, 6) is 1.46. The molecule has 2 aromatic rings. The summed E-state index contributed by atoms with van der Waals surface area (Å²) < 4.78 is 1.84. The molecule has 0 fully saturated rings. The molecule has 0 aliphatic carbocycles. The van der Waals surface area contributed by atoms with Gasteiger partial charge in [0.15, 0.2) is 5.82 Å². The Morgan fingerprint density at radius 2 is 2.36 bits per heavy atom. The number of aryl methyl sites for hydroxylation is 1. The number of nitrogens with zero attached hydrogens (tertiary/aromatic N) is 4. The van der Waals surface area contributed by atoms with Crippen LogP contribution in [-0.4, -0.2) is 37.8 Å². The number of anilines is 1. The lowest BCUT2D eigenvalue weighted by molar-refractivity contribution is 0.311. The van der Waals surface area contributed by atoms with Gasteiger partial charge in [-0.15, -0.1) is 10.2 Å². The van der Waals surface area contributed by atoms with Gasteiger partial charge in [0.25, 0.3) is 0 Å². The van der Waals surface area contributed by atoms with Gasteiger partial charge in [0.2, 0.25) is 5.65 Å². The van der Waals surface area contributed by atoms with E-state index < -0.39 is 0 Å². The van der Waals surface area contributed by atoms with Gasteiger partial charge in [-0.05, 0) is 6.92 Å². The van der Waals surface area contributed by atoms with Crippen molar-refractivity contribution in [3.8, 4) is 0 Å². The molecule has 74 valence electrons. The number of aliphatic hydroxyl groups excluding tert-OH is 1. The topological polar surface area (TPSA) is 75.3 Å². The molecule has 0 aliphatic heterocycles. The van der Waals surface area contributed by atoms with Crippen LogP contribution in [0.1, 0.15) is 5.82 Å². The summed E-state index contributed by atoms with van der Waals surface area (Å²) in [6.45, 7) is 2.39. The fourth-order valence-corrected chi connectivity index (χ4v) is 1.24. The summed E-state index contributed by atoms with van der Waals surface area (Å²) in [5, 5.41) is 19.6. The number of hydrogen-bond acceptors (Lipinski definition) is 5. The van der Waals surface area contributed by atoms with Gasteiger partial charge in [0.05, 0.1) is 6.61 Å². The van der Waals surface area contributed by atoms with Gasteiger partial charge in [0, 0.05) is 18.9 Å². The van der Waals surface area contributed by atoms with Gasteiger partial charge < -0.3 is 10.4 Å². The molecule has 0 aliphatic rings. The molecule has 2 aromatic heterocycles. The zero-order chi connectivity index (χ0) is 9.97. The van der Waals surface area contributed by atoms with Gasteiger partial charge in [0.1, 0.15) is 5.82 Å². The summed E-state index contributed by atoms with van der Waals surface area (Å²) in [7, 11) is 0. The Hall–Kier alpha value is -1.69. The first-order valence-electron chi connectivity index (χ1n) is 4.34. The predicted octanol–water partition coefficient (Wildman–Crippen LogP) is -0.163. The first-order chi connectivity index (χ1) is 6.83. The van der Waals surface area contributed by atoms with E-state index >= 15 is 0 Å². The van der Waals surface area contributed by atoms with Gasteiger partial charge in [-0.2, -0.15) is 0 Å². The maximum atomic E-state index is 8.67. The van der Waals surface area contributed by atoms with Crippen LogP contribution in [-0.2, 0) is 0 Å². The minimum atomic E-state index is 0.0653. The van der Waals surface area contributed by atoms with E-state index in [4.69, 9.17) is 5.11 Å². The molecule has 0 aromatic carbocycles. The van der Waals surface area contributed by atoms with Crippen molar-refractivity contribution < 1.29 is 5.11 Å². The highest BCUT2D eigenvalue weighted by atomic mass is 16.3. The van der Waals surface area contributed by atoms with E-state index in [9.17, 15) is 0 Å². The average Bonchev–Trinajstić information content (AvgIpc) is 2.58. The third-order valence-corrected chi connectivity index (χ3v) is 1.90. The molecule has 2 N–H and O–H groups in total. The van der Waals surface area contributed by atoms with E-state index in [1.54, 1.807) is 12.4 Å². The van der Waals surface area contributed by atoms with Crippen molar-refractivity contribution >= 4 is 11.5 Å². The monoisotopic (exact) mass is 193 g/mol. The molecule has 0 unspecified atom stereocenters. The number of aromatic nitrogens is 4. The van der Waals surface area contributed by atoms with Crippen LogP contribution < -0.4 is 5.32 Å². The van der Waals surface area contributed by atoms with Crippen LogP contribution in [0, 0.1) is 6.92 Å². The Bertz CT molecular complexity index is 438. The zero-order valence-corrected chi connectivity index (χ0v) is 7.80. The summed E-state index contributed by atoms with van der Waals surface area (Å²) >= 11 is 0. The van der Waals surface area contributed by atoms with Crippen LogP contribution in [0.4, 0.5) is 5.82 Å². The lowest BCUT2D eigenvalue weighted by atomic mass is 10.5. The first-order valence-corrected chi connectivity index (χ1v) is 4.34. The molecule has 0 saturated heterocycles. The van der Waals surface area contributed by atoms with E-state index in [0.717, 1.165) is 5.82 Å². The standard InChI is InChI=1S/C8H11N5O/c1-6-11-12-8-7(10-3-5-14)9-2-4-13(6)8/h2,4,14H,3,5H2,1H3,(H,9,10). The second kappa shape index (κ2) is 3.59. The van der Waals surface area contributed by atoms with Crippen molar-refractivity contribution in [3.63, 3.8) is 0 Å². The summed E-state index contributed by atoms with van der Waals surface area (Å²) in [6.07, 6.45) is 3.47. The second-order valence-electron chi connectivity index (χ2n) is 2.87. The van der Waals surface area contributed by atoms with Crippen molar-refractivity contribution in [2.24, 2.45) is 0 Å². The highest BCUT2D eigenvalue weighted by Gasteiger charge is 2.05. The summed E-state index contributed by atoms with van der Waals surface area (Å²) in [4.78, 5) is 4.11. The molecule has 2 rings (SSSR count). The van der Waals surface area contributed by atoms with Gasteiger partial charge in [-0.3, -0.25) is 4.40 Å². The SMILES string of the molecule is Cc1nnc2c(NCCO)nccn12. The maximum Gasteiger partial charge on any atom is 0.203 e. The Morgan fingerprint density at radius 3 is 3.14 bits per heavy atom. The molecule has 14 heavy (non-hydrogen) atoms. The van der Waals surface area contributed by atoms with E-state index in [0.29, 0.717) is 18.0 Å². The second-order valence-corrected chi connectivity index (χ2v) is 2.87. The van der Waals surface area contributed by atoms with Crippen LogP contribution in [0.25, 0.3) is 5.65 Å². The minimum absolute atomic E-state index is 0.0653. The molecule has 0 bridgehead atoms. The van der Waals surface area contributed by atoms with Crippen LogP contribution >= 0.6 is 0 Å². The number of nitrogens with one attached hydrogen (secondary N) is 1. The maximum absolute atomic E-state index is 8.67. The molecular weight excluding hydrogens is 182 g/mol. The third-order valence-electron chi connectivity index (χ3n) is 1.90. The van der Waals surface area contributed by atoms with Crippen molar-refractivity contribution in [2.75, 3.05) is 18.5 Å². The number of rotatable bonds is 3. The normalized spacial score (nSPS) is 10.7. The fraction of sp³-hybridized carbons (Fsp3) is 0.375. The smallest absolute Gasteiger partial charge is 0.203 e. The van der Waals surface area contributed by atoms with Crippen LogP contribution in [0.2, 0.25) is 0 Å². The molecule has 0 saturated carbocycles. The van der Waals surface area contributed by atoms with Crippen molar-refractivity contribution in [1.29, 1.82) is 0 Å². The minimum Gasteiger partial charge on any atom is -0.395 e. The predicted molar refractivity (Wildman–Crippen MR) is 51.1 cm³/mol. The molecule has 6 heteroatoms. The molecule has 0 spiro atoms. The fourth-order valence-electron chi connectivity index (χ4n) is 1.24. The highest BCUT2D eigenvalue weighted by Crippen LogP contribution is 2.10. The quantitative estimate of drug-likeness (QED) is 0.708. The van der Waals surface area contributed by atoms with Crippen molar-refractivity contribution in [3.05, 3.63) is 18.2 Å². The Balaban J connectivity index is 2.44. The van der Waals surface area contributed by atoms with Crippen LogP contribution in [0.3, 0.4) is 0 Å². The number of aliphatic hydroxyl groups is 1. The van der Waals surface area contributed by atoms with Crippen LogP contribution in [0.15, 0.2) is 12.4 Å². The molecule has 0 amide bonds. The lowest BCUT2D eigenvalue weighted by Crippen LogP contribution is -2.08. The molecule has 0 atom stereocenters. The van der Waals surface area contributed by atoms with Crippen molar-refractivity contribution in [2.45, 2.75) is 6.92 Å². The highest BCUT2D eigenvalue weighted by molar-refractivity contribution is 5.61. The third kappa shape index (κ3) is 1.39. The van der Waals surface area contributed by atoms with E-state index in [1.807, 2.05) is 11.3 Å². The average molecular weight is 193 g/mol. The van der Waals surface area contributed by atoms with Crippen LogP contribution in [0.5, 0.6) is 0 Å². The van der Waals surface area contributed by atoms with E-state index in [1.165, 1.54) is 0 Å². The number of hydrogen-bond donors (Lipinski definition) is 2. The Labute approximate surface area is 80.6 Å². The van der Waals surface area contributed by atoms with Gasteiger partial charge in [-0.25, -0.2) is 4.98 Å². The Kier molecular flexibility index (Phi) is 2.28. The van der Waals surface area contributed by atoms with E-state index in [-0.39, 0.29) is 6.61 Å². The first kappa shape index (κ1) is 8.89. The van der Waals surface area contributed by atoms with E-state index in [2.05, 4.69) is 20.5 Å². The van der Waals surface area contributed by atoms with Crippen molar-refractivity contribution in [1.82, 2.24) is 19.6 Å². The molecule has 2 heterocycles. The molecular formula is C8H11N5O. The van der Waals surface area contributed by atoms with Gasteiger partial charge in [-0.1, -0.05) is 0 Å². The lowest BCUT2D eigenvalue weighted by Gasteiger charge is -2.03. The molecule has 6 nitrogen and oxygen atoms in total. The Morgan fingerprint density at radius 1 is 1.50 bits per heavy atom. The molecule has 0 radical (unpaired) electrons.